The molecule has 0 amide bonds. The van der Waals surface area contributed by atoms with Crippen LogP contribution in [0.3, 0.4) is 0 Å². The number of ketones is 1. The van der Waals surface area contributed by atoms with Gasteiger partial charge in [0.1, 0.15) is 5.78 Å². The first-order valence-electron chi connectivity index (χ1n) is 5.48. The van der Waals surface area contributed by atoms with E-state index in [1.165, 1.54) is 6.92 Å². The molecule has 1 rings (SSSR count). The van der Waals surface area contributed by atoms with Crippen molar-refractivity contribution < 1.29 is 14.3 Å². The quantitative estimate of drug-likeness (QED) is 0.705. The number of nitrogens with one attached hydrogen (secondary N) is 1. The minimum Gasteiger partial charge on any atom is -0.466 e. The summed E-state index contributed by atoms with van der Waals surface area (Å²) in [6.45, 7) is 5.16. The molecule has 0 aliphatic carbocycles. The van der Waals surface area contributed by atoms with E-state index in [1.54, 1.807) is 6.92 Å². The van der Waals surface area contributed by atoms with Crippen LogP contribution in [0.1, 0.15) is 33.1 Å². The van der Waals surface area contributed by atoms with E-state index >= 15 is 0 Å². The summed E-state index contributed by atoms with van der Waals surface area (Å²) in [5.74, 6) is -0.181. The number of carbonyl (C=O) groups is 2. The van der Waals surface area contributed by atoms with E-state index in [4.69, 9.17) is 4.74 Å². The van der Waals surface area contributed by atoms with Crippen molar-refractivity contribution in [1.82, 2.24) is 5.32 Å². The van der Waals surface area contributed by atoms with Crippen LogP contribution in [0.5, 0.6) is 0 Å². The third-order valence-electron chi connectivity index (χ3n) is 2.77. The highest BCUT2D eigenvalue weighted by Gasteiger charge is 2.41. The molecule has 0 aromatic heterocycles. The monoisotopic (exact) mass is 213 g/mol. The van der Waals surface area contributed by atoms with Crippen LogP contribution < -0.4 is 5.32 Å². The Bertz CT molecular complexity index is 244. The van der Waals surface area contributed by atoms with Crippen molar-refractivity contribution in [3.63, 3.8) is 0 Å². The molecule has 1 heterocycles. The number of carbonyl (C=O) groups excluding carboxylic acids is 2. The first-order valence-corrected chi connectivity index (χ1v) is 5.48. The minimum absolute atomic E-state index is 0.0479. The second-order valence-electron chi connectivity index (χ2n) is 4.16. The van der Waals surface area contributed by atoms with E-state index in [9.17, 15) is 9.59 Å². The molecule has 1 saturated heterocycles. The summed E-state index contributed by atoms with van der Waals surface area (Å²) >= 11 is 0. The lowest BCUT2D eigenvalue weighted by atomic mass is 9.77. The molecule has 0 aromatic rings. The van der Waals surface area contributed by atoms with Crippen LogP contribution in [0.2, 0.25) is 0 Å². The standard InChI is InChI=1S/C11H19NO3/c1-3-15-10(14)11(7-9(2)13)5-4-6-12-8-11/h12H,3-8H2,1-2H3. The van der Waals surface area contributed by atoms with Gasteiger partial charge in [0.25, 0.3) is 0 Å². The van der Waals surface area contributed by atoms with Crippen LogP contribution in [0.4, 0.5) is 0 Å². The van der Waals surface area contributed by atoms with E-state index < -0.39 is 5.41 Å². The normalized spacial score (nSPS) is 26.0. The second kappa shape index (κ2) is 5.26. The Morgan fingerprint density at radius 3 is 2.67 bits per heavy atom. The average molecular weight is 213 g/mol. The van der Waals surface area contributed by atoms with Crippen molar-refractivity contribution in [1.29, 1.82) is 0 Å². The van der Waals surface area contributed by atoms with E-state index in [0.29, 0.717) is 19.6 Å². The van der Waals surface area contributed by atoms with Crippen LogP contribution in [0.15, 0.2) is 0 Å². The third kappa shape index (κ3) is 3.02. The highest BCUT2D eigenvalue weighted by Crippen LogP contribution is 2.32. The molecule has 0 aromatic carbocycles. The lowest BCUT2D eigenvalue weighted by Crippen LogP contribution is -2.47. The molecule has 0 radical (unpaired) electrons. The molecule has 1 atom stereocenters. The maximum atomic E-state index is 11.8. The predicted molar refractivity (Wildman–Crippen MR) is 56.5 cm³/mol. The van der Waals surface area contributed by atoms with Gasteiger partial charge in [-0.25, -0.2) is 0 Å². The molecule has 1 fully saturated rings. The van der Waals surface area contributed by atoms with Gasteiger partial charge in [0.15, 0.2) is 0 Å². The maximum Gasteiger partial charge on any atom is 0.313 e. The summed E-state index contributed by atoms with van der Waals surface area (Å²) in [7, 11) is 0. The Morgan fingerprint density at radius 1 is 1.47 bits per heavy atom. The van der Waals surface area contributed by atoms with Gasteiger partial charge in [-0.3, -0.25) is 9.59 Å². The van der Waals surface area contributed by atoms with Crippen molar-refractivity contribution in [3.05, 3.63) is 0 Å². The minimum atomic E-state index is -0.611. The lowest BCUT2D eigenvalue weighted by molar-refractivity contribution is -0.158. The zero-order valence-corrected chi connectivity index (χ0v) is 9.47. The molecule has 0 bridgehead atoms. The number of ether oxygens (including phenoxy) is 1. The first-order chi connectivity index (χ1) is 7.10. The van der Waals surface area contributed by atoms with Gasteiger partial charge in [0, 0.05) is 13.0 Å². The van der Waals surface area contributed by atoms with E-state index in [1.807, 2.05) is 0 Å². The fraction of sp³-hybridized carbons (Fsp3) is 0.818. The van der Waals surface area contributed by atoms with Crippen molar-refractivity contribution in [2.75, 3.05) is 19.7 Å². The summed E-state index contributed by atoms with van der Waals surface area (Å²) in [4.78, 5) is 23.0. The maximum absolute atomic E-state index is 11.8. The summed E-state index contributed by atoms with van der Waals surface area (Å²) in [6, 6.07) is 0. The van der Waals surface area contributed by atoms with Crippen molar-refractivity contribution in [2.24, 2.45) is 5.41 Å². The highest BCUT2D eigenvalue weighted by molar-refractivity contribution is 5.86. The Hall–Kier alpha value is -0.900. The molecule has 0 saturated carbocycles. The molecule has 15 heavy (non-hydrogen) atoms. The van der Waals surface area contributed by atoms with Crippen molar-refractivity contribution >= 4 is 11.8 Å². The Balaban J connectivity index is 2.74. The molecule has 4 nitrogen and oxygen atoms in total. The molecule has 1 N–H and O–H groups in total. The van der Waals surface area contributed by atoms with Gasteiger partial charge in [-0.1, -0.05) is 0 Å². The highest BCUT2D eigenvalue weighted by atomic mass is 16.5. The molecule has 1 unspecified atom stereocenters. The molecular weight excluding hydrogens is 194 g/mol. The Morgan fingerprint density at radius 2 is 2.20 bits per heavy atom. The Kier molecular flexibility index (Phi) is 4.27. The van der Waals surface area contributed by atoms with E-state index in [2.05, 4.69) is 5.32 Å². The van der Waals surface area contributed by atoms with Gasteiger partial charge in [-0.15, -0.1) is 0 Å². The zero-order chi connectivity index (χ0) is 11.3. The van der Waals surface area contributed by atoms with Gasteiger partial charge in [-0.05, 0) is 33.2 Å². The number of rotatable bonds is 4. The van der Waals surface area contributed by atoms with E-state index in [0.717, 1.165) is 19.4 Å². The summed E-state index contributed by atoms with van der Waals surface area (Å²) in [5, 5.41) is 3.17. The second-order valence-corrected chi connectivity index (χ2v) is 4.16. The fourth-order valence-electron chi connectivity index (χ4n) is 2.13. The van der Waals surface area contributed by atoms with Gasteiger partial charge in [0.2, 0.25) is 0 Å². The zero-order valence-electron chi connectivity index (χ0n) is 9.47. The number of piperidine rings is 1. The van der Waals surface area contributed by atoms with Crippen LogP contribution in [-0.4, -0.2) is 31.4 Å². The van der Waals surface area contributed by atoms with Gasteiger partial charge < -0.3 is 10.1 Å². The number of hydrogen-bond acceptors (Lipinski definition) is 4. The number of esters is 1. The smallest absolute Gasteiger partial charge is 0.313 e. The van der Waals surface area contributed by atoms with Crippen molar-refractivity contribution in [2.45, 2.75) is 33.1 Å². The molecule has 0 spiro atoms. The Labute approximate surface area is 90.4 Å². The first kappa shape index (κ1) is 12.2. The molecular formula is C11H19NO3. The average Bonchev–Trinajstić information content (AvgIpc) is 2.18. The fourth-order valence-corrected chi connectivity index (χ4v) is 2.13. The van der Waals surface area contributed by atoms with Crippen LogP contribution in [-0.2, 0) is 14.3 Å². The third-order valence-corrected chi connectivity index (χ3v) is 2.77. The molecule has 86 valence electrons. The van der Waals surface area contributed by atoms with Gasteiger partial charge in [-0.2, -0.15) is 0 Å². The largest absolute Gasteiger partial charge is 0.466 e. The lowest BCUT2D eigenvalue weighted by Gasteiger charge is -2.34. The summed E-state index contributed by atoms with van der Waals surface area (Å²) < 4.78 is 5.05. The van der Waals surface area contributed by atoms with Crippen molar-refractivity contribution in [3.8, 4) is 0 Å². The summed E-state index contributed by atoms with van der Waals surface area (Å²) in [5.41, 5.74) is -0.611. The molecule has 1 aliphatic heterocycles. The predicted octanol–water partition coefficient (Wildman–Crippen LogP) is 0.898. The topological polar surface area (TPSA) is 55.4 Å². The molecule has 4 heteroatoms. The van der Waals surface area contributed by atoms with E-state index in [-0.39, 0.29) is 11.8 Å². The number of Topliss-reactive ketones (excluding diaryl/α,β-unsaturated/α-hetero) is 1. The van der Waals surface area contributed by atoms with Crippen LogP contribution >= 0.6 is 0 Å². The van der Waals surface area contributed by atoms with Crippen LogP contribution in [0.25, 0.3) is 0 Å². The van der Waals surface area contributed by atoms with Crippen LogP contribution in [0, 0.1) is 5.41 Å². The summed E-state index contributed by atoms with van der Waals surface area (Å²) in [6.07, 6.45) is 1.96. The van der Waals surface area contributed by atoms with Gasteiger partial charge in [0.05, 0.1) is 12.0 Å². The van der Waals surface area contributed by atoms with Gasteiger partial charge >= 0.3 is 5.97 Å². The SMILES string of the molecule is CCOC(=O)C1(CC(C)=O)CCCNC1. The number of hydrogen-bond donors (Lipinski definition) is 1. The molecule has 1 aliphatic rings.